The van der Waals surface area contributed by atoms with Gasteiger partial charge in [0.15, 0.2) is 0 Å². The van der Waals surface area contributed by atoms with Crippen molar-refractivity contribution in [1.29, 1.82) is 0 Å². The van der Waals surface area contributed by atoms with Gasteiger partial charge in [-0.15, -0.1) is 0 Å². The fraction of sp³-hybridized carbons (Fsp3) is 0.500. The minimum Gasteiger partial charge on any atom is -0.326 e. The maximum Gasteiger partial charge on any atom is 0.148 e. The van der Waals surface area contributed by atoms with E-state index in [4.69, 9.17) is 5.73 Å². The Morgan fingerprint density at radius 2 is 2.25 bits per heavy atom. The van der Waals surface area contributed by atoms with Crippen molar-refractivity contribution in [2.45, 2.75) is 33.0 Å². The zero-order valence-corrected chi connectivity index (χ0v) is 9.37. The quantitative estimate of drug-likeness (QED) is 0.791. The normalized spacial score (nSPS) is 10.9. The molecule has 2 N–H and O–H groups in total. The SMILES string of the molecule is CCCn1ncnc1Cn1cc(CN)cn1. The van der Waals surface area contributed by atoms with E-state index in [1.54, 1.807) is 12.5 Å². The largest absolute Gasteiger partial charge is 0.326 e. The van der Waals surface area contributed by atoms with Crippen molar-refractivity contribution in [1.82, 2.24) is 24.5 Å². The van der Waals surface area contributed by atoms with Gasteiger partial charge in [0.05, 0.1) is 6.20 Å². The summed E-state index contributed by atoms with van der Waals surface area (Å²) in [5.41, 5.74) is 6.56. The Morgan fingerprint density at radius 3 is 2.94 bits per heavy atom. The molecule has 0 radical (unpaired) electrons. The second kappa shape index (κ2) is 4.89. The van der Waals surface area contributed by atoms with Crippen LogP contribution in [0.15, 0.2) is 18.7 Å². The molecule has 0 saturated heterocycles. The van der Waals surface area contributed by atoms with Gasteiger partial charge < -0.3 is 5.73 Å². The molecule has 0 aliphatic rings. The molecule has 2 heterocycles. The van der Waals surface area contributed by atoms with Gasteiger partial charge in [0.25, 0.3) is 0 Å². The maximum absolute atomic E-state index is 5.53. The highest BCUT2D eigenvalue weighted by molar-refractivity contribution is 5.03. The lowest BCUT2D eigenvalue weighted by Crippen LogP contribution is -2.10. The zero-order chi connectivity index (χ0) is 11.4. The lowest BCUT2D eigenvalue weighted by molar-refractivity contribution is 0.539. The molecule has 2 rings (SSSR count). The lowest BCUT2D eigenvalue weighted by Gasteiger charge is -2.04. The Labute approximate surface area is 94.1 Å². The van der Waals surface area contributed by atoms with Crippen molar-refractivity contribution in [3.63, 3.8) is 0 Å². The molecule has 0 unspecified atom stereocenters. The van der Waals surface area contributed by atoms with E-state index in [1.165, 1.54) is 0 Å². The number of aryl methyl sites for hydroxylation is 1. The molecule has 0 amide bonds. The molecule has 16 heavy (non-hydrogen) atoms. The van der Waals surface area contributed by atoms with Crippen molar-refractivity contribution in [3.8, 4) is 0 Å². The van der Waals surface area contributed by atoms with E-state index in [9.17, 15) is 0 Å². The van der Waals surface area contributed by atoms with Crippen LogP contribution >= 0.6 is 0 Å². The summed E-state index contributed by atoms with van der Waals surface area (Å²) in [6, 6.07) is 0. The van der Waals surface area contributed by atoms with Gasteiger partial charge in [0.2, 0.25) is 0 Å². The molecule has 0 atom stereocenters. The average Bonchev–Trinajstić information content (AvgIpc) is 2.90. The first-order chi connectivity index (χ1) is 7.83. The predicted octanol–water partition coefficient (Wildman–Crippen LogP) is 0.392. The summed E-state index contributed by atoms with van der Waals surface area (Å²) in [4.78, 5) is 4.22. The summed E-state index contributed by atoms with van der Waals surface area (Å²) in [7, 11) is 0. The molecule has 6 nitrogen and oxygen atoms in total. The number of aromatic nitrogens is 5. The first kappa shape index (κ1) is 10.8. The molecule has 0 spiro atoms. The molecule has 0 fully saturated rings. The molecule has 0 bridgehead atoms. The minimum absolute atomic E-state index is 0.516. The van der Waals surface area contributed by atoms with E-state index in [0.29, 0.717) is 13.1 Å². The van der Waals surface area contributed by atoms with E-state index in [2.05, 4.69) is 22.1 Å². The molecule has 0 aliphatic carbocycles. The van der Waals surface area contributed by atoms with E-state index < -0.39 is 0 Å². The van der Waals surface area contributed by atoms with Gasteiger partial charge in [0.1, 0.15) is 18.7 Å². The number of hydrogen-bond acceptors (Lipinski definition) is 4. The second-order valence-electron chi connectivity index (χ2n) is 3.65. The second-order valence-corrected chi connectivity index (χ2v) is 3.65. The van der Waals surface area contributed by atoms with Gasteiger partial charge >= 0.3 is 0 Å². The molecule has 2 aromatic rings. The van der Waals surface area contributed by atoms with E-state index in [-0.39, 0.29) is 0 Å². The Morgan fingerprint density at radius 1 is 1.38 bits per heavy atom. The minimum atomic E-state index is 0.516. The van der Waals surface area contributed by atoms with Crippen LogP contribution in [0.2, 0.25) is 0 Å². The molecule has 2 aromatic heterocycles. The van der Waals surface area contributed by atoms with Crippen LogP contribution in [-0.2, 0) is 19.6 Å². The van der Waals surface area contributed by atoms with Gasteiger partial charge in [0, 0.05) is 24.8 Å². The molecule has 0 aromatic carbocycles. The third kappa shape index (κ3) is 2.27. The van der Waals surface area contributed by atoms with Crippen LogP contribution in [0.4, 0.5) is 0 Å². The Bertz CT molecular complexity index is 444. The average molecular weight is 220 g/mol. The molecule has 6 heteroatoms. The van der Waals surface area contributed by atoms with Gasteiger partial charge in [-0.3, -0.25) is 4.68 Å². The fourth-order valence-corrected chi connectivity index (χ4v) is 1.55. The monoisotopic (exact) mass is 220 g/mol. The van der Waals surface area contributed by atoms with Crippen LogP contribution < -0.4 is 5.73 Å². The maximum atomic E-state index is 5.53. The third-order valence-corrected chi connectivity index (χ3v) is 2.36. The molecular formula is C10H16N6. The summed E-state index contributed by atoms with van der Waals surface area (Å²) in [6.07, 6.45) is 6.34. The Kier molecular flexibility index (Phi) is 3.31. The van der Waals surface area contributed by atoms with Gasteiger partial charge in [-0.2, -0.15) is 10.2 Å². The van der Waals surface area contributed by atoms with Crippen LogP contribution in [-0.4, -0.2) is 24.5 Å². The third-order valence-electron chi connectivity index (χ3n) is 2.36. The number of rotatable bonds is 5. The predicted molar refractivity (Wildman–Crippen MR) is 59.5 cm³/mol. The highest BCUT2D eigenvalue weighted by Crippen LogP contribution is 2.01. The van der Waals surface area contributed by atoms with Gasteiger partial charge in [-0.05, 0) is 6.42 Å². The number of nitrogens with two attached hydrogens (primary N) is 1. The van der Waals surface area contributed by atoms with E-state index in [0.717, 1.165) is 24.4 Å². The molecular weight excluding hydrogens is 204 g/mol. The summed E-state index contributed by atoms with van der Waals surface area (Å²) in [5.74, 6) is 0.925. The van der Waals surface area contributed by atoms with Crippen LogP contribution in [0.3, 0.4) is 0 Å². The Balaban J connectivity index is 2.10. The number of hydrogen-bond donors (Lipinski definition) is 1. The van der Waals surface area contributed by atoms with Crippen LogP contribution in [0.1, 0.15) is 24.7 Å². The highest BCUT2D eigenvalue weighted by atomic mass is 15.4. The lowest BCUT2D eigenvalue weighted by atomic mass is 10.4. The molecule has 0 saturated carbocycles. The van der Waals surface area contributed by atoms with Crippen LogP contribution in [0.25, 0.3) is 0 Å². The summed E-state index contributed by atoms with van der Waals surface area (Å²) >= 11 is 0. The van der Waals surface area contributed by atoms with Gasteiger partial charge in [-0.25, -0.2) is 9.67 Å². The van der Waals surface area contributed by atoms with Crippen molar-refractivity contribution >= 4 is 0 Å². The fourth-order valence-electron chi connectivity index (χ4n) is 1.55. The van der Waals surface area contributed by atoms with Crippen LogP contribution in [0, 0.1) is 0 Å². The summed E-state index contributed by atoms with van der Waals surface area (Å²) in [6.45, 7) is 4.16. The molecule has 0 aliphatic heterocycles. The Hall–Kier alpha value is -1.69. The smallest absolute Gasteiger partial charge is 0.148 e. The van der Waals surface area contributed by atoms with Crippen molar-refractivity contribution in [2.24, 2.45) is 5.73 Å². The van der Waals surface area contributed by atoms with Crippen molar-refractivity contribution in [3.05, 3.63) is 30.1 Å². The zero-order valence-electron chi connectivity index (χ0n) is 9.37. The summed E-state index contributed by atoms with van der Waals surface area (Å²) < 4.78 is 3.74. The first-order valence-electron chi connectivity index (χ1n) is 5.41. The number of nitrogens with zero attached hydrogens (tertiary/aromatic N) is 5. The van der Waals surface area contributed by atoms with E-state index >= 15 is 0 Å². The van der Waals surface area contributed by atoms with Crippen molar-refractivity contribution in [2.75, 3.05) is 0 Å². The topological polar surface area (TPSA) is 74.5 Å². The van der Waals surface area contributed by atoms with Crippen LogP contribution in [0.5, 0.6) is 0 Å². The highest BCUT2D eigenvalue weighted by Gasteiger charge is 2.05. The van der Waals surface area contributed by atoms with E-state index in [1.807, 2.05) is 15.6 Å². The summed E-state index contributed by atoms with van der Waals surface area (Å²) in [5, 5.41) is 8.39. The molecule has 86 valence electrons. The first-order valence-corrected chi connectivity index (χ1v) is 5.41. The van der Waals surface area contributed by atoms with Gasteiger partial charge in [-0.1, -0.05) is 6.92 Å². The standard InChI is InChI=1S/C10H16N6/c1-2-3-16-10(12-8-14-16)7-15-6-9(4-11)5-13-15/h5-6,8H,2-4,7,11H2,1H3. The van der Waals surface area contributed by atoms with Crippen molar-refractivity contribution < 1.29 is 0 Å².